The Morgan fingerprint density at radius 1 is 1.26 bits per heavy atom. The molecule has 0 unspecified atom stereocenters. The predicted octanol–water partition coefficient (Wildman–Crippen LogP) is 4.48. The van der Waals surface area contributed by atoms with Gasteiger partial charge in [-0.05, 0) is 73.0 Å². The number of benzene rings is 1. The van der Waals surface area contributed by atoms with E-state index in [1.54, 1.807) is 4.68 Å². The molecule has 2 N–H and O–H groups in total. The zero-order valence-electron chi connectivity index (χ0n) is 16.0. The van der Waals surface area contributed by atoms with E-state index in [-0.39, 0.29) is 5.78 Å². The van der Waals surface area contributed by atoms with Gasteiger partial charge in [-0.2, -0.15) is 0 Å². The van der Waals surface area contributed by atoms with Crippen molar-refractivity contribution in [1.29, 1.82) is 0 Å². The Bertz CT molecular complexity index is 934. The lowest BCUT2D eigenvalue weighted by Crippen LogP contribution is -2.35. The highest BCUT2D eigenvalue weighted by Crippen LogP contribution is 2.35. The van der Waals surface area contributed by atoms with Crippen LogP contribution in [0.15, 0.2) is 41.9 Å². The monoisotopic (exact) mass is 381 g/mol. The number of ketones is 1. The van der Waals surface area contributed by atoms with Crippen LogP contribution in [0.2, 0.25) is 0 Å². The Morgan fingerprint density at radius 3 is 2.70 bits per heavy atom. The minimum atomic E-state index is 0.0920. The van der Waals surface area contributed by atoms with Crippen LogP contribution in [0.4, 0.5) is 0 Å². The SMILES string of the molecule is CC(C)CN1CCC(c2cn(N)c3ccc(C(=O)c4cccs4)cc23)CC1. The van der Waals surface area contributed by atoms with Crippen molar-refractivity contribution in [2.24, 2.45) is 5.92 Å². The fourth-order valence-corrected chi connectivity index (χ4v) is 4.93. The van der Waals surface area contributed by atoms with E-state index in [2.05, 4.69) is 24.9 Å². The van der Waals surface area contributed by atoms with Crippen LogP contribution in [0.25, 0.3) is 10.9 Å². The first-order chi connectivity index (χ1) is 13.0. The van der Waals surface area contributed by atoms with Crippen LogP contribution >= 0.6 is 11.3 Å². The summed E-state index contributed by atoms with van der Waals surface area (Å²) in [6.45, 7) is 7.99. The van der Waals surface area contributed by atoms with E-state index in [9.17, 15) is 4.79 Å². The highest BCUT2D eigenvalue weighted by atomic mass is 32.1. The smallest absolute Gasteiger partial charge is 0.202 e. The molecule has 1 aliphatic rings. The molecule has 5 heteroatoms. The summed E-state index contributed by atoms with van der Waals surface area (Å²) in [5.41, 5.74) is 3.03. The molecule has 4 nitrogen and oxygen atoms in total. The molecule has 4 rings (SSSR count). The maximum Gasteiger partial charge on any atom is 0.202 e. The first-order valence-corrected chi connectivity index (χ1v) is 10.6. The Hall–Kier alpha value is -2.11. The number of carbonyl (C=O) groups is 1. The molecular formula is C22H27N3OS. The summed E-state index contributed by atoms with van der Waals surface area (Å²) in [6, 6.07) is 9.72. The third-order valence-electron chi connectivity index (χ3n) is 5.52. The van der Waals surface area contributed by atoms with E-state index < -0.39 is 0 Å². The first kappa shape index (κ1) is 18.3. The normalized spacial score (nSPS) is 16.4. The zero-order valence-corrected chi connectivity index (χ0v) is 16.8. The average molecular weight is 382 g/mol. The van der Waals surface area contributed by atoms with Crippen LogP contribution < -0.4 is 5.84 Å². The third kappa shape index (κ3) is 3.66. The average Bonchev–Trinajstić information content (AvgIpc) is 3.30. The maximum atomic E-state index is 12.8. The number of nitrogen functional groups attached to an aromatic ring is 1. The lowest BCUT2D eigenvalue weighted by Gasteiger charge is -2.33. The van der Waals surface area contributed by atoms with Crippen molar-refractivity contribution in [2.45, 2.75) is 32.6 Å². The van der Waals surface area contributed by atoms with E-state index in [1.807, 2.05) is 35.7 Å². The molecule has 1 fully saturated rings. The molecule has 3 aromatic rings. The van der Waals surface area contributed by atoms with Crippen LogP contribution in [-0.2, 0) is 0 Å². The first-order valence-electron chi connectivity index (χ1n) is 9.73. The van der Waals surface area contributed by atoms with Crippen molar-refractivity contribution in [2.75, 3.05) is 25.5 Å². The Labute approximate surface area is 164 Å². The van der Waals surface area contributed by atoms with Crippen LogP contribution in [0.3, 0.4) is 0 Å². The topological polar surface area (TPSA) is 51.3 Å². The van der Waals surface area contributed by atoms with Crippen molar-refractivity contribution in [1.82, 2.24) is 9.58 Å². The lowest BCUT2D eigenvalue weighted by atomic mass is 9.88. The summed E-state index contributed by atoms with van der Waals surface area (Å²) in [6.07, 6.45) is 4.36. The van der Waals surface area contributed by atoms with Crippen molar-refractivity contribution in [3.63, 3.8) is 0 Å². The Kier molecular flexibility index (Phi) is 5.06. The summed E-state index contributed by atoms with van der Waals surface area (Å²) in [4.78, 5) is 16.1. The molecule has 0 amide bonds. The molecule has 1 aliphatic heterocycles. The molecule has 142 valence electrons. The molecule has 0 bridgehead atoms. The van der Waals surface area contributed by atoms with Gasteiger partial charge in [0, 0.05) is 23.7 Å². The quantitative estimate of drug-likeness (QED) is 0.523. The molecule has 1 saturated heterocycles. The van der Waals surface area contributed by atoms with Crippen LogP contribution in [0.1, 0.15) is 53.4 Å². The molecule has 27 heavy (non-hydrogen) atoms. The molecule has 2 aromatic heterocycles. The lowest BCUT2D eigenvalue weighted by molar-refractivity contribution is 0.104. The number of carbonyl (C=O) groups excluding carboxylic acids is 1. The number of fused-ring (bicyclic) bond motifs is 1. The van der Waals surface area contributed by atoms with E-state index in [1.165, 1.54) is 23.4 Å². The van der Waals surface area contributed by atoms with E-state index in [0.717, 1.165) is 47.3 Å². The number of nitrogens with two attached hydrogens (primary N) is 1. The van der Waals surface area contributed by atoms with Gasteiger partial charge in [0.1, 0.15) is 0 Å². The molecule has 0 atom stereocenters. The minimum absolute atomic E-state index is 0.0920. The molecule has 0 radical (unpaired) electrons. The molecule has 0 spiro atoms. The van der Waals surface area contributed by atoms with Gasteiger partial charge in [0.15, 0.2) is 0 Å². The third-order valence-corrected chi connectivity index (χ3v) is 6.39. The Balaban J connectivity index is 1.62. The van der Waals surface area contributed by atoms with Crippen molar-refractivity contribution < 1.29 is 4.79 Å². The van der Waals surface area contributed by atoms with Crippen molar-refractivity contribution in [3.8, 4) is 0 Å². The second-order valence-corrected chi connectivity index (χ2v) is 8.95. The van der Waals surface area contributed by atoms with Crippen LogP contribution in [0, 0.1) is 5.92 Å². The number of hydrogen-bond donors (Lipinski definition) is 1. The van der Waals surface area contributed by atoms with Crippen LogP contribution in [-0.4, -0.2) is 35.0 Å². The predicted molar refractivity (Wildman–Crippen MR) is 113 cm³/mol. The fraction of sp³-hybridized carbons (Fsp3) is 0.409. The molecule has 1 aromatic carbocycles. The molecular weight excluding hydrogens is 354 g/mol. The summed E-state index contributed by atoms with van der Waals surface area (Å²) < 4.78 is 1.71. The number of nitrogens with zero attached hydrogens (tertiary/aromatic N) is 2. The Morgan fingerprint density at radius 2 is 2.04 bits per heavy atom. The number of rotatable bonds is 5. The molecule has 0 aliphatic carbocycles. The van der Waals surface area contributed by atoms with Crippen molar-refractivity contribution >= 4 is 28.0 Å². The van der Waals surface area contributed by atoms with E-state index in [0.29, 0.717) is 11.8 Å². The van der Waals surface area contributed by atoms with Crippen LogP contribution in [0.5, 0.6) is 0 Å². The summed E-state index contributed by atoms with van der Waals surface area (Å²) in [5.74, 6) is 7.53. The highest BCUT2D eigenvalue weighted by molar-refractivity contribution is 7.12. The van der Waals surface area contributed by atoms with Gasteiger partial charge in [-0.3, -0.25) is 9.47 Å². The van der Waals surface area contributed by atoms with Gasteiger partial charge in [0.25, 0.3) is 0 Å². The number of thiophene rings is 1. The largest absolute Gasteiger partial charge is 0.339 e. The number of hydrogen-bond acceptors (Lipinski definition) is 4. The number of piperidine rings is 1. The number of aromatic nitrogens is 1. The standard InChI is InChI=1S/C22H27N3OS/c1-15(2)13-24-9-7-16(8-10-24)19-14-25(23)20-6-5-17(12-18(19)20)22(26)21-4-3-11-27-21/h3-6,11-12,14-16H,7-10,13,23H2,1-2H3. The minimum Gasteiger partial charge on any atom is -0.339 e. The zero-order chi connectivity index (χ0) is 19.0. The second kappa shape index (κ2) is 7.49. The summed E-state index contributed by atoms with van der Waals surface area (Å²) >= 11 is 1.49. The second-order valence-electron chi connectivity index (χ2n) is 8.00. The fourth-order valence-electron chi connectivity index (χ4n) is 4.24. The van der Waals surface area contributed by atoms with Gasteiger partial charge < -0.3 is 10.7 Å². The van der Waals surface area contributed by atoms with Gasteiger partial charge in [0.2, 0.25) is 5.78 Å². The highest BCUT2D eigenvalue weighted by Gasteiger charge is 2.24. The maximum absolute atomic E-state index is 12.8. The van der Waals surface area contributed by atoms with Gasteiger partial charge in [0.05, 0.1) is 10.4 Å². The van der Waals surface area contributed by atoms with Gasteiger partial charge in [-0.1, -0.05) is 19.9 Å². The van der Waals surface area contributed by atoms with Crippen molar-refractivity contribution in [3.05, 3.63) is 57.9 Å². The summed E-state index contributed by atoms with van der Waals surface area (Å²) in [7, 11) is 0. The molecule has 3 heterocycles. The number of likely N-dealkylation sites (tertiary alicyclic amines) is 1. The van der Waals surface area contributed by atoms with Gasteiger partial charge in [-0.15, -0.1) is 11.3 Å². The van der Waals surface area contributed by atoms with Gasteiger partial charge in [-0.25, -0.2) is 0 Å². The van der Waals surface area contributed by atoms with E-state index in [4.69, 9.17) is 5.84 Å². The van der Waals surface area contributed by atoms with E-state index >= 15 is 0 Å². The summed E-state index contributed by atoms with van der Waals surface area (Å²) in [5, 5.41) is 3.07. The van der Waals surface area contributed by atoms with Gasteiger partial charge >= 0.3 is 0 Å². The molecule has 0 saturated carbocycles.